The number of halogens is 3. The lowest BCUT2D eigenvalue weighted by Gasteiger charge is -2.24. The zero-order valence-corrected chi connectivity index (χ0v) is 11.3. The minimum absolute atomic E-state index is 0.0179. The first-order valence-corrected chi connectivity index (χ1v) is 7.13. The molecule has 1 saturated carbocycles. The molecule has 1 aliphatic rings. The molecule has 2 rings (SSSR count). The maximum atomic E-state index is 13.7. The van der Waals surface area contributed by atoms with Crippen molar-refractivity contribution in [2.75, 3.05) is 6.61 Å². The summed E-state index contributed by atoms with van der Waals surface area (Å²) in [5.74, 6) is -3.14. The van der Waals surface area contributed by atoms with Crippen molar-refractivity contribution in [1.82, 2.24) is 5.32 Å². The van der Waals surface area contributed by atoms with Crippen LogP contribution in [0.5, 0.6) is 0 Å². The van der Waals surface area contributed by atoms with Crippen molar-refractivity contribution in [2.45, 2.75) is 50.6 Å². The number of nitrogens with one attached hydrogen (secondary N) is 1. The highest BCUT2D eigenvalue weighted by Gasteiger charge is 2.22. The Kier molecular flexibility index (Phi) is 5.43. The van der Waals surface area contributed by atoms with E-state index in [1.54, 1.807) is 0 Å². The summed E-state index contributed by atoms with van der Waals surface area (Å²) in [6, 6.07) is 0.840. The Morgan fingerprint density at radius 1 is 1.00 bits per heavy atom. The van der Waals surface area contributed by atoms with Crippen molar-refractivity contribution >= 4 is 0 Å². The summed E-state index contributed by atoms with van der Waals surface area (Å²) in [5.41, 5.74) is -0.0179. The molecule has 0 heterocycles. The van der Waals surface area contributed by atoms with Gasteiger partial charge in [0, 0.05) is 17.7 Å². The van der Waals surface area contributed by atoms with Crippen LogP contribution in [0.2, 0.25) is 0 Å². The normalized spacial score (nSPS) is 18.8. The fraction of sp³-hybridized carbons (Fsp3) is 0.600. The number of aliphatic hydroxyl groups excluding tert-OH is 1. The summed E-state index contributed by atoms with van der Waals surface area (Å²) in [7, 11) is 0. The van der Waals surface area contributed by atoms with Crippen molar-refractivity contribution in [3.8, 4) is 0 Å². The lowest BCUT2D eigenvalue weighted by molar-refractivity contribution is 0.224. The second-order valence-electron chi connectivity index (χ2n) is 5.38. The standard InChI is InChI=1S/C15H20F3NO/c16-12-8-14(18)13(17)7-11(12)15(9-20)19-10-5-3-1-2-4-6-10/h7-8,10,15,19-20H,1-6,9H2. The molecule has 2 N–H and O–H groups in total. The summed E-state index contributed by atoms with van der Waals surface area (Å²) in [4.78, 5) is 0. The van der Waals surface area contributed by atoms with Crippen LogP contribution in [0.25, 0.3) is 0 Å². The highest BCUT2D eigenvalue weighted by Crippen LogP contribution is 2.24. The van der Waals surface area contributed by atoms with Gasteiger partial charge in [0.15, 0.2) is 11.6 Å². The first-order valence-electron chi connectivity index (χ1n) is 7.13. The van der Waals surface area contributed by atoms with Crippen LogP contribution in [0.1, 0.15) is 50.1 Å². The molecule has 112 valence electrons. The molecule has 0 amide bonds. The van der Waals surface area contributed by atoms with Crippen LogP contribution in [0, 0.1) is 17.5 Å². The van der Waals surface area contributed by atoms with Crippen LogP contribution in [0.4, 0.5) is 13.2 Å². The largest absolute Gasteiger partial charge is 0.394 e. The van der Waals surface area contributed by atoms with Crippen molar-refractivity contribution in [3.05, 3.63) is 35.1 Å². The van der Waals surface area contributed by atoms with Crippen LogP contribution in [-0.2, 0) is 0 Å². The van der Waals surface area contributed by atoms with Crippen LogP contribution >= 0.6 is 0 Å². The number of benzene rings is 1. The Morgan fingerprint density at radius 3 is 2.20 bits per heavy atom. The molecule has 5 heteroatoms. The van der Waals surface area contributed by atoms with Gasteiger partial charge in [-0.1, -0.05) is 25.7 Å². The lowest BCUT2D eigenvalue weighted by atomic mass is 10.0. The quantitative estimate of drug-likeness (QED) is 0.656. The van der Waals surface area contributed by atoms with Gasteiger partial charge in [0.05, 0.1) is 12.6 Å². The molecule has 1 aromatic carbocycles. The van der Waals surface area contributed by atoms with E-state index in [0.29, 0.717) is 6.07 Å². The zero-order valence-electron chi connectivity index (χ0n) is 11.3. The molecule has 0 spiro atoms. The molecule has 1 fully saturated rings. The third-order valence-electron chi connectivity index (χ3n) is 3.89. The second kappa shape index (κ2) is 7.09. The average molecular weight is 287 g/mol. The molecule has 0 saturated heterocycles. The lowest BCUT2D eigenvalue weighted by Crippen LogP contribution is -2.35. The molecule has 0 radical (unpaired) electrons. The van der Waals surface area contributed by atoms with Gasteiger partial charge in [0.25, 0.3) is 0 Å². The Balaban J connectivity index is 2.13. The van der Waals surface area contributed by atoms with E-state index in [1.165, 1.54) is 12.8 Å². The third kappa shape index (κ3) is 3.73. The van der Waals surface area contributed by atoms with E-state index in [0.717, 1.165) is 31.7 Å². The number of rotatable bonds is 4. The van der Waals surface area contributed by atoms with Crippen LogP contribution < -0.4 is 5.32 Å². The van der Waals surface area contributed by atoms with Gasteiger partial charge >= 0.3 is 0 Å². The molecule has 1 aromatic rings. The minimum Gasteiger partial charge on any atom is -0.394 e. The van der Waals surface area contributed by atoms with Crippen molar-refractivity contribution in [2.24, 2.45) is 0 Å². The predicted octanol–water partition coefficient (Wildman–Crippen LogP) is 3.45. The van der Waals surface area contributed by atoms with E-state index in [1.807, 2.05) is 0 Å². The topological polar surface area (TPSA) is 32.3 Å². The second-order valence-corrected chi connectivity index (χ2v) is 5.38. The summed E-state index contributed by atoms with van der Waals surface area (Å²) >= 11 is 0. The average Bonchev–Trinajstić information content (AvgIpc) is 2.69. The number of hydrogen-bond donors (Lipinski definition) is 2. The smallest absolute Gasteiger partial charge is 0.161 e. The molecular formula is C15H20F3NO. The highest BCUT2D eigenvalue weighted by molar-refractivity contribution is 5.23. The summed E-state index contributed by atoms with van der Waals surface area (Å²) in [6.07, 6.45) is 6.47. The molecular weight excluding hydrogens is 267 g/mol. The SMILES string of the molecule is OCC(NC1CCCCCC1)c1cc(F)c(F)cc1F. The third-order valence-corrected chi connectivity index (χ3v) is 3.89. The Hall–Kier alpha value is -1.07. The van der Waals surface area contributed by atoms with E-state index in [-0.39, 0.29) is 18.2 Å². The van der Waals surface area contributed by atoms with Gasteiger partial charge in [0.2, 0.25) is 0 Å². The van der Waals surface area contributed by atoms with Crippen LogP contribution in [0.3, 0.4) is 0 Å². The van der Waals surface area contributed by atoms with E-state index in [9.17, 15) is 18.3 Å². The minimum atomic E-state index is -1.21. The molecule has 1 aliphatic carbocycles. The van der Waals surface area contributed by atoms with Crippen molar-refractivity contribution in [1.29, 1.82) is 0 Å². The van der Waals surface area contributed by atoms with Crippen molar-refractivity contribution in [3.63, 3.8) is 0 Å². The molecule has 0 aromatic heterocycles. The molecule has 1 unspecified atom stereocenters. The summed E-state index contributed by atoms with van der Waals surface area (Å²) in [5, 5.41) is 12.6. The maximum absolute atomic E-state index is 13.7. The summed E-state index contributed by atoms with van der Waals surface area (Å²) < 4.78 is 39.9. The van der Waals surface area contributed by atoms with Crippen molar-refractivity contribution < 1.29 is 18.3 Å². The first-order chi connectivity index (χ1) is 9.61. The Labute approximate surface area is 117 Å². The molecule has 0 bridgehead atoms. The molecule has 0 aliphatic heterocycles. The van der Waals surface area contributed by atoms with Gasteiger partial charge in [-0.2, -0.15) is 0 Å². The van der Waals surface area contributed by atoms with Gasteiger partial charge in [-0.25, -0.2) is 13.2 Å². The van der Waals surface area contributed by atoms with Gasteiger partial charge in [-0.15, -0.1) is 0 Å². The Morgan fingerprint density at radius 2 is 1.60 bits per heavy atom. The fourth-order valence-corrected chi connectivity index (χ4v) is 2.78. The van der Waals surface area contributed by atoms with E-state index >= 15 is 0 Å². The van der Waals surface area contributed by atoms with E-state index in [4.69, 9.17) is 0 Å². The number of aliphatic hydroxyl groups is 1. The molecule has 1 atom stereocenters. The van der Waals surface area contributed by atoms with Crippen LogP contribution in [0.15, 0.2) is 12.1 Å². The molecule has 20 heavy (non-hydrogen) atoms. The monoisotopic (exact) mass is 287 g/mol. The zero-order chi connectivity index (χ0) is 14.5. The first kappa shape index (κ1) is 15.3. The highest BCUT2D eigenvalue weighted by atomic mass is 19.2. The van der Waals surface area contributed by atoms with E-state index < -0.39 is 23.5 Å². The molecule has 2 nitrogen and oxygen atoms in total. The fourth-order valence-electron chi connectivity index (χ4n) is 2.78. The van der Waals surface area contributed by atoms with Gasteiger partial charge in [0.1, 0.15) is 5.82 Å². The van der Waals surface area contributed by atoms with Gasteiger partial charge in [-0.05, 0) is 18.9 Å². The van der Waals surface area contributed by atoms with E-state index in [2.05, 4.69) is 5.32 Å². The predicted molar refractivity (Wildman–Crippen MR) is 70.8 cm³/mol. The summed E-state index contributed by atoms with van der Waals surface area (Å²) in [6.45, 7) is -0.349. The Bertz CT molecular complexity index is 445. The number of hydrogen-bond acceptors (Lipinski definition) is 2. The maximum Gasteiger partial charge on any atom is 0.161 e. The van der Waals surface area contributed by atoms with Gasteiger partial charge < -0.3 is 10.4 Å². The van der Waals surface area contributed by atoms with Crippen LogP contribution in [-0.4, -0.2) is 17.8 Å². The van der Waals surface area contributed by atoms with Gasteiger partial charge in [-0.3, -0.25) is 0 Å².